The molecule has 3 atom stereocenters. The minimum absolute atomic E-state index is 0.0212. The molecule has 1 aromatic rings. The van der Waals surface area contributed by atoms with Gasteiger partial charge in [-0.05, 0) is 32.4 Å². The molecular weight excluding hydrogens is 284 g/mol. The molecule has 0 saturated heterocycles. The number of amides is 2. The maximum Gasteiger partial charge on any atom is 0.287 e. The van der Waals surface area contributed by atoms with Gasteiger partial charge in [-0.2, -0.15) is 0 Å². The summed E-state index contributed by atoms with van der Waals surface area (Å²) in [5.41, 5.74) is -0.409. The summed E-state index contributed by atoms with van der Waals surface area (Å²) in [4.78, 5) is 24.1. The van der Waals surface area contributed by atoms with E-state index in [0.717, 1.165) is 6.42 Å². The highest BCUT2D eigenvalue weighted by Gasteiger charge is 2.58. The van der Waals surface area contributed by atoms with Crippen molar-refractivity contribution in [2.45, 2.75) is 51.8 Å². The monoisotopic (exact) mass is 308 g/mol. The molecule has 0 unspecified atom stereocenters. The predicted octanol–water partition coefficient (Wildman–Crippen LogP) is 1.72. The second-order valence-corrected chi connectivity index (χ2v) is 6.59. The van der Waals surface area contributed by atoms with Gasteiger partial charge >= 0.3 is 0 Å². The van der Waals surface area contributed by atoms with Crippen LogP contribution < -0.4 is 10.6 Å². The van der Waals surface area contributed by atoms with Gasteiger partial charge in [0, 0.05) is 18.6 Å². The lowest BCUT2D eigenvalue weighted by Crippen LogP contribution is -2.69. The summed E-state index contributed by atoms with van der Waals surface area (Å²) in [7, 11) is 1.69. The Morgan fingerprint density at radius 3 is 2.59 bits per heavy atom. The fourth-order valence-electron chi connectivity index (χ4n) is 2.76. The SMILES string of the molecule is CO[C@]1(C)C[C@@H](NC(=O)[C@@H](C)NC(=O)c2ccco2)C1(C)C. The molecule has 1 aromatic heterocycles. The Hall–Kier alpha value is -1.82. The largest absolute Gasteiger partial charge is 0.459 e. The van der Waals surface area contributed by atoms with Crippen LogP contribution in [0.1, 0.15) is 44.7 Å². The van der Waals surface area contributed by atoms with Crippen molar-refractivity contribution in [1.29, 1.82) is 0 Å². The third-order valence-corrected chi connectivity index (χ3v) is 5.08. The van der Waals surface area contributed by atoms with E-state index in [9.17, 15) is 9.59 Å². The third-order valence-electron chi connectivity index (χ3n) is 5.08. The fraction of sp³-hybridized carbons (Fsp3) is 0.625. The van der Waals surface area contributed by atoms with Gasteiger partial charge in [0.05, 0.1) is 11.9 Å². The van der Waals surface area contributed by atoms with E-state index in [0.29, 0.717) is 0 Å². The van der Waals surface area contributed by atoms with Crippen molar-refractivity contribution in [2.75, 3.05) is 7.11 Å². The van der Waals surface area contributed by atoms with E-state index in [-0.39, 0.29) is 28.7 Å². The molecule has 122 valence electrons. The van der Waals surface area contributed by atoms with Crippen molar-refractivity contribution in [3.63, 3.8) is 0 Å². The van der Waals surface area contributed by atoms with Crippen LogP contribution in [-0.2, 0) is 9.53 Å². The minimum atomic E-state index is -0.636. The van der Waals surface area contributed by atoms with Gasteiger partial charge < -0.3 is 19.8 Å². The number of carbonyl (C=O) groups is 2. The Kier molecular flexibility index (Phi) is 4.33. The summed E-state index contributed by atoms with van der Waals surface area (Å²) in [6.45, 7) is 7.82. The molecule has 0 radical (unpaired) electrons. The standard InChI is InChI=1S/C16H24N2O4/c1-10(17-14(20)11-7-6-8-22-11)13(19)18-12-9-16(4,21-5)15(12,2)3/h6-8,10,12H,9H2,1-5H3,(H,17,20)(H,18,19)/t10-,12-,16-/m1/s1. The van der Waals surface area contributed by atoms with Crippen LogP contribution in [-0.4, -0.2) is 36.6 Å². The summed E-state index contributed by atoms with van der Waals surface area (Å²) >= 11 is 0. The second-order valence-electron chi connectivity index (χ2n) is 6.59. The molecule has 2 N–H and O–H groups in total. The average Bonchev–Trinajstić information content (AvgIpc) is 3.00. The Morgan fingerprint density at radius 2 is 2.09 bits per heavy atom. The van der Waals surface area contributed by atoms with Crippen LogP contribution in [0.4, 0.5) is 0 Å². The highest BCUT2D eigenvalue weighted by Crippen LogP contribution is 2.51. The van der Waals surface area contributed by atoms with Crippen LogP contribution in [0.25, 0.3) is 0 Å². The number of methoxy groups -OCH3 is 1. The van der Waals surface area contributed by atoms with Gasteiger partial charge in [-0.3, -0.25) is 9.59 Å². The zero-order valence-corrected chi connectivity index (χ0v) is 13.7. The third kappa shape index (κ3) is 2.75. The fourth-order valence-corrected chi connectivity index (χ4v) is 2.76. The molecule has 22 heavy (non-hydrogen) atoms. The van der Waals surface area contributed by atoms with Crippen LogP contribution in [0.15, 0.2) is 22.8 Å². The topological polar surface area (TPSA) is 80.6 Å². The van der Waals surface area contributed by atoms with Crippen molar-refractivity contribution >= 4 is 11.8 Å². The molecule has 2 amide bonds. The molecule has 1 aliphatic rings. The number of nitrogens with one attached hydrogen (secondary N) is 2. The van der Waals surface area contributed by atoms with E-state index < -0.39 is 11.9 Å². The second kappa shape index (κ2) is 5.76. The first-order valence-electron chi connectivity index (χ1n) is 7.41. The summed E-state index contributed by atoms with van der Waals surface area (Å²) in [5.74, 6) is -0.422. The molecule has 0 bridgehead atoms. The van der Waals surface area contributed by atoms with Gasteiger partial charge in [0.1, 0.15) is 6.04 Å². The molecule has 1 aliphatic carbocycles. The predicted molar refractivity (Wildman–Crippen MR) is 81.4 cm³/mol. The van der Waals surface area contributed by atoms with Gasteiger partial charge in [-0.25, -0.2) is 0 Å². The molecule has 0 spiro atoms. The molecule has 1 heterocycles. The van der Waals surface area contributed by atoms with Crippen LogP contribution in [0, 0.1) is 5.41 Å². The van der Waals surface area contributed by atoms with Crippen molar-refractivity contribution in [3.8, 4) is 0 Å². The number of hydrogen-bond donors (Lipinski definition) is 2. The zero-order chi connectivity index (χ0) is 16.5. The normalized spacial score (nSPS) is 27.6. The van der Waals surface area contributed by atoms with E-state index in [4.69, 9.17) is 9.15 Å². The molecule has 6 nitrogen and oxygen atoms in total. The average molecular weight is 308 g/mol. The van der Waals surface area contributed by atoms with E-state index >= 15 is 0 Å². The Bertz CT molecular complexity index is 553. The van der Waals surface area contributed by atoms with Gasteiger partial charge in [0.15, 0.2) is 5.76 Å². The summed E-state index contributed by atoms with van der Waals surface area (Å²) < 4.78 is 10.5. The first-order valence-corrected chi connectivity index (χ1v) is 7.41. The highest BCUT2D eigenvalue weighted by molar-refractivity contribution is 5.95. The maximum absolute atomic E-state index is 12.2. The lowest BCUT2D eigenvalue weighted by atomic mass is 9.56. The lowest BCUT2D eigenvalue weighted by Gasteiger charge is -2.59. The first kappa shape index (κ1) is 16.5. The molecule has 2 rings (SSSR count). The summed E-state index contributed by atoms with van der Waals surface area (Å²) in [6, 6.07) is 2.57. The van der Waals surface area contributed by atoms with Crippen molar-refractivity contribution < 1.29 is 18.7 Å². The zero-order valence-electron chi connectivity index (χ0n) is 13.7. The Morgan fingerprint density at radius 1 is 1.41 bits per heavy atom. The molecule has 6 heteroatoms. The Balaban J connectivity index is 1.89. The smallest absolute Gasteiger partial charge is 0.287 e. The number of hydrogen-bond acceptors (Lipinski definition) is 4. The number of furan rings is 1. The lowest BCUT2D eigenvalue weighted by molar-refractivity contribution is -0.182. The number of carbonyl (C=O) groups excluding carboxylic acids is 2. The van der Waals surface area contributed by atoms with Gasteiger partial charge in [0.25, 0.3) is 5.91 Å². The van der Waals surface area contributed by atoms with Crippen molar-refractivity contribution in [1.82, 2.24) is 10.6 Å². The van der Waals surface area contributed by atoms with Gasteiger partial charge in [-0.15, -0.1) is 0 Å². The Labute approximate surface area is 130 Å². The number of rotatable bonds is 5. The van der Waals surface area contributed by atoms with Crippen LogP contribution in [0.3, 0.4) is 0 Å². The first-order chi connectivity index (χ1) is 10.2. The van der Waals surface area contributed by atoms with Crippen molar-refractivity contribution in [2.24, 2.45) is 5.41 Å². The molecule has 1 saturated carbocycles. The van der Waals surface area contributed by atoms with E-state index in [1.54, 1.807) is 26.2 Å². The maximum atomic E-state index is 12.2. The minimum Gasteiger partial charge on any atom is -0.459 e. The van der Waals surface area contributed by atoms with Crippen LogP contribution in [0.2, 0.25) is 0 Å². The van der Waals surface area contributed by atoms with E-state index in [1.807, 2.05) is 6.92 Å². The van der Waals surface area contributed by atoms with Crippen molar-refractivity contribution in [3.05, 3.63) is 24.2 Å². The highest BCUT2D eigenvalue weighted by atomic mass is 16.5. The van der Waals surface area contributed by atoms with E-state index in [1.165, 1.54) is 6.26 Å². The molecule has 1 fully saturated rings. The molecule has 0 aromatic carbocycles. The van der Waals surface area contributed by atoms with Gasteiger partial charge in [0.2, 0.25) is 5.91 Å². The van der Waals surface area contributed by atoms with Gasteiger partial charge in [-0.1, -0.05) is 13.8 Å². The van der Waals surface area contributed by atoms with Crippen LogP contribution in [0.5, 0.6) is 0 Å². The molecule has 0 aliphatic heterocycles. The summed E-state index contributed by atoms with van der Waals surface area (Å²) in [5, 5.41) is 5.60. The quantitative estimate of drug-likeness (QED) is 0.868. The van der Waals surface area contributed by atoms with E-state index in [2.05, 4.69) is 24.5 Å². The number of ether oxygens (including phenoxy) is 1. The summed E-state index contributed by atoms with van der Waals surface area (Å²) in [6.07, 6.45) is 2.17. The van der Waals surface area contributed by atoms with Crippen LogP contribution >= 0.6 is 0 Å². The molecular formula is C16H24N2O4.